The van der Waals surface area contributed by atoms with E-state index in [1.165, 1.54) is 22.4 Å². The van der Waals surface area contributed by atoms with Crippen LogP contribution in [0.15, 0.2) is 96.7 Å². The molecule has 2 N–H and O–H groups in total. The summed E-state index contributed by atoms with van der Waals surface area (Å²) in [5, 5.41) is 11.2. The molecule has 0 amide bonds. The third kappa shape index (κ3) is 3.74. The van der Waals surface area contributed by atoms with E-state index in [0.29, 0.717) is 5.76 Å². The number of allylic oxidation sites excluding steroid dienone is 2. The second-order valence-electron chi connectivity index (χ2n) is 8.21. The second kappa shape index (κ2) is 8.38. The standard InChI is InChI=1S/C27H30N3O/c1-6-21-14-15-25-27(18(3)29-17(2)26(21)19(4)31-20(5)28)23-12-8-7-11-22(23)24-13-9-10-16-30(24)25/h7-13,16,25,27-29H,2-4,6,14-15H2,1,5H3/q+1. The van der Waals surface area contributed by atoms with Crippen LogP contribution in [0.2, 0.25) is 0 Å². The zero-order chi connectivity index (χ0) is 22.1. The Morgan fingerprint density at radius 1 is 1.19 bits per heavy atom. The molecule has 0 aliphatic carbocycles. The molecule has 2 unspecified atom stereocenters. The third-order valence-corrected chi connectivity index (χ3v) is 6.27. The maximum atomic E-state index is 7.73. The monoisotopic (exact) mass is 412 g/mol. The first-order valence-corrected chi connectivity index (χ1v) is 10.8. The zero-order valence-electron chi connectivity index (χ0n) is 18.4. The fourth-order valence-corrected chi connectivity index (χ4v) is 5.02. The summed E-state index contributed by atoms with van der Waals surface area (Å²) >= 11 is 0. The third-order valence-electron chi connectivity index (χ3n) is 6.27. The van der Waals surface area contributed by atoms with Crippen LogP contribution < -0.4 is 9.88 Å². The van der Waals surface area contributed by atoms with Gasteiger partial charge in [-0.2, -0.15) is 4.57 Å². The Labute approximate surface area is 184 Å². The summed E-state index contributed by atoms with van der Waals surface area (Å²) in [5.41, 5.74) is 7.52. The van der Waals surface area contributed by atoms with Crippen LogP contribution in [-0.4, -0.2) is 5.90 Å². The predicted octanol–water partition coefficient (Wildman–Crippen LogP) is 5.92. The molecule has 3 heterocycles. The Morgan fingerprint density at radius 2 is 1.94 bits per heavy atom. The minimum absolute atomic E-state index is 0.115. The number of fused-ring (bicyclic) bond motifs is 6. The van der Waals surface area contributed by atoms with Crippen molar-refractivity contribution < 1.29 is 9.30 Å². The van der Waals surface area contributed by atoms with Crippen molar-refractivity contribution >= 4 is 5.90 Å². The minimum atomic E-state index is 0.115. The molecule has 0 spiro atoms. The summed E-state index contributed by atoms with van der Waals surface area (Å²) in [6, 6.07) is 15.2. The predicted molar refractivity (Wildman–Crippen MR) is 125 cm³/mol. The number of hydrogen-bond acceptors (Lipinski definition) is 3. The number of nitrogens with zero attached hydrogens (tertiary/aromatic N) is 1. The van der Waals surface area contributed by atoms with Gasteiger partial charge in [0.15, 0.2) is 18.1 Å². The van der Waals surface area contributed by atoms with E-state index in [0.717, 1.165) is 36.2 Å². The molecule has 0 fully saturated rings. The van der Waals surface area contributed by atoms with Crippen molar-refractivity contribution in [3.8, 4) is 11.3 Å². The Bertz CT molecular complexity index is 1120. The SMILES string of the molecule is C=C1NC(=C)C2c3ccccc3-c3cccc[n+]3C2CCC(CC)=C1C(=C)OC(C)=N. The van der Waals surface area contributed by atoms with E-state index in [1.807, 2.05) is 0 Å². The number of aromatic nitrogens is 1. The van der Waals surface area contributed by atoms with Gasteiger partial charge in [-0.25, -0.2) is 0 Å². The van der Waals surface area contributed by atoms with E-state index in [9.17, 15) is 0 Å². The van der Waals surface area contributed by atoms with Gasteiger partial charge in [-0.3, -0.25) is 5.41 Å². The van der Waals surface area contributed by atoms with Gasteiger partial charge in [0.2, 0.25) is 5.69 Å². The highest BCUT2D eigenvalue weighted by atomic mass is 16.5. The molecule has 158 valence electrons. The van der Waals surface area contributed by atoms with Crippen LogP contribution in [0.5, 0.6) is 0 Å². The highest BCUT2D eigenvalue weighted by Crippen LogP contribution is 2.44. The van der Waals surface area contributed by atoms with E-state index in [1.54, 1.807) is 6.92 Å². The first-order valence-electron chi connectivity index (χ1n) is 10.8. The largest absolute Gasteiger partial charge is 0.444 e. The van der Waals surface area contributed by atoms with Crippen LogP contribution in [0.3, 0.4) is 0 Å². The number of nitrogens with one attached hydrogen (secondary N) is 2. The van der Waals surface area contributed by atoms with Crippen LogP contribution in [0.25, 0.3) is 11.3 Å². The summed E-state index contributed by atoms with van der Waals surface area (Å²) < 4.78 is 7.99. The van der Waals surface area contributed by atoms with Crippen LogP contribution >= 0.6 is 0 Å². The Kier molecular flexibility index (Phi) is 5.64. The fourth-order valence-electron chi connectivity index (χ4n) is 5.02. The van der Waals surface area contributed by atoms with Crippen molar-refractivity contribution in [1.82, 2.24) is 5.32 Å². The molecule has 31 heavy (non-hydrogen) atoms. The molecule has 0 radical (unpaired) electrons. The molecule has 0 bridgehead atoms. The molecular formula is C27H30N3O+. The summed E-state index contributed by atoms with van der Waals surface area (Å²) in [5.74, 6) is 0.698. The van der Waals surface area contributed by atoms with Crippen LogP contribution in [0.4, 0.5) is 0 Å². The molecule has 4 heteroatoms. The Hall–Kier alpha value is -3.40. The lowest BCUT2D eigenvalue weighted by Crippen LogP contribution is -2.48. The molecule has 4 nitrogen and oxygen atoms in total. The van der Waals surface area contributed by atoms with Crippen molar-refractivity contribution in [2.45, 2.75) is 45.1 Å². The Balaban J connectivity index is 1.84. The van der Waals surface area contributed by atoms with Crippen LogP contribution in [-0.2, 0) is 4.74 Å². The number of hydrogen-bond donors (Lipinski definition) is 2. The van der Waals surface area contributed by atoms with Gasteiger partial charge < -0.3 is 10.1 Å². The molecule has 1 aromatic carbocycles. The van der Waals surface area contributed by atoms with Gasteiger partial charge in [-0.15, -0.1) is 0 Å². The van der Waals surface area contributed by atoms with Crippen molar-refractivity contribution in [2.24, 2.45) is 0 Å². The first-order chi connectivity index (χ1) is 14.9. The first kappa shape index (κ1) is 20.9. The zero-order valence-corrected chi connectivity index (χ0v) is 18.4. The molecule has 0 saturated heterocycles. The molecule has 2 aliphatic heterocycles. The number of ether oxygens (including phenoxy) is 1. The maximum absolute atomic E-state index is 7.73. The van der Waals surface area contributed by atoms with Gasteiger partial charge in [0, 0.05) is 42.4 Å². The molecule has 2 atom stereocenters. The molecule has 1 aromatic heterocycles. The number of benzene rings is 1. The number of pyridine rings is 1. The molecule has 2 aliphatic rings. The van der Waals surface area contributed by atoms with Crippen molar-refractivity contribution in [2.75, 3.05) is 0 Å². The van der Waals surface area contributed by atoms with E-state index in [-0.39, 0.29) is 17.9 Å². The number of rotatable bonds is 3. The van der Waals surface area contributed by atoms with Gasteiger partial charge in [0.1, 0.15) is 5.76 Å². The average molecular weight is 413 g/mol. The summed E-state index contributed by atoms with van der Waals surface area (Å²) in [6.07, 6.45) is 4.89. The highest BCUT2D eigenvalue weighted by Gasteiger charge is 2.42. The average Bonchev–Trinajstić information content (AvgIpc) is 2.80. The summed E-state index contributed by atoms with van der Waals surface area (Å²) in [7, 11) is 0. The summed E-state index contributed by atoms with van der Waals surface area (Å²) in [6.45, 7) is 16.6. The van der Waals surface area contributed by atoms with Gasteiger partial charge in [-0.1, -0.05) is 50.4 Å². The fraction of sp³-hybridized carbons (Fsp3) is 0.259. The van der Waals surface area contributed by atoms with Crippen molar-refractivity contribution in [1.29, 1.82) is 5.41 Å². The van der Waals surface area contributed by atoms with Crippen LogP contribution in [0, 0.1) is 5.41 Å². The summed E-state index contributed by atoms with van der Waals surface area (Å²) in [4.78, 5) is 0. The lowest BCUT2D eigenvalue weighted by atomic mass is 9.79. The second-order valence-corrected chi connectivity index (χ2v) is 8.21. The van der Waals surface area contributed by atoms with Crippen LogP contribution in [0.1, 0.15) is 50.6 Å². The van der Waals surface area contributed by atoms with Crippen molar-refractivity contribution in [3.05, 3.63) is 102 Å². The van der Waals surface area contributed by atoms with Gasteiger partial charge in [0.05, 0.1) is 11.5 Å². The molecule has 2 aromatic rings. The van der Waals surface area contributed by atoms with E-state index >= 15 is 0 Å². The van der Waals surface area contributed by atoms with E-state index < -0.39 is 0 Å². The normalized spacial score (nSPS) is 20.3. The van der Waals surface area contributed by atoms with Gasteiger partial charge in [-0.05, 0) is 30.5 Å². The lowest BCUT2D eigenvalue weighted by molar-refractivity contribution is -0.717. The van der Waals surface area contributed by atoms with E-state index in [4.69, 9.17) is 10.1 Å². The quantitative estimate of drug-likeness (QED) is 0.284. The van der Waals surface area contributed by atoms with E-state index in [2.05, 4.69) is 85.2 Å². The maximum Gasteiger partial charge on any atom is 0.213 e. The minimum Gasteiger partial charge on any atom is -0.444 e. The Morgan fingerprint density at radius 3 is 2.68 bits per heavy atom. The molecule has 4 rings (SSSR count). The van der Waals surface area contributed by atoms with Gasteiger partial charge in [0.25, 0.3) is 0 Å². The molecule has 0 saturated carbocycles. The molecular weight excluding hydrogens is 382 g/mol. The highest BCUT2D eigenvalue weighted by molar-refractivity contribution is 5.72. The topological polar surface area (TPSA) is 49.0 Å². The lowest BCUT2D eigenvalue weighted by Gasteiger charge is -2.32. The van der Waals surface area contributed by atoms with Gasteiger partial charge >= 0.3 is 0 Å². The smallest absolute Gasteiger partial charge is 0.213 e. The van der Waals surface area contributed by atoms with Crippen molar-refractivity contribution in [3.63, 3.8) is 0 Å².